The lowest BCUT2D eigenvalue weighted by Crippen LogP contribution is -2.46. The highest BCUT2D eigenvalue weighted by molar-refractivity contribution is 7.13. The van der Waals surface area contributed by atoms with E-state index in [-0.39, 0.29) is 41.9 Å². The number of carboxylic acids is 1. The summed E-state index contributed by atoms with van der Waals surface area (Å²) in [6, 6.07) is -0.976. The molecule has 1 aromatic rings. The molecule has 2 aliphatic heterocycles. The molecule has 0 aromatic carbocycles. The number of nitrogens with zero attached hydrogens (tertiary/aromatic N) is 4. The Morgan fingerprint density at radius 3 is 2.79 bits per heavy atom. The molecule has 2 atom stereocenters. The standard InChI is InChI=1S/C19H22N6O7S/c1-4-10(18(29)30)11-5-24-6-12(17(28)25(24)14(11)7-32-9(2)26)21-16(27)15(23-31-3)13-8-33-19(20)22-13/h4,8,10,12H,1,5-7H2,2-3H3,(H2,20,22)(H,21,27)(H,29,30)/b23-15-/t10?,12-/m0/s1. The number of nitrogens with one attached hydrogen (secondary N) is 1. The summed E-state index contributed by atoms with van der Waals surface area (Å²) in [7, 11) is 1.26. The van der Waals surface area contributed by atoms with Gasteiger partial charge >= 0.3 is 11.9 Å². The highest BCUT2D eigenvalue weighted by Gasteiger charge is 2.48. The average Bonchev–Trinajstić information content (AvgIpc) is 3.40. The molecule has 4 N–H and O–H groups in total. The minimum Gasteiger partial charge on any atom is -0.481 e. The van der Waals surface area contributed by atoms with Gasteiger partial charge in [-0.05, 0) is 5.57 Å². The number of thiazole rings is 1. The first kappa shape index (κ1) is 23.9. The first-order valence-corrected chi connectivity index (χ1v) is 10.5. The number of ether oxygens (including phenoxy) is 1. The number of nitrogen functional groups attached to an aromatic ring is 1. The SMILES string of the molecule is C=CC(C(=O)O)C1=C(COC(C)=O)N2C(=O)[C@@H](NC(=O)/C(=N\OC)c3csc(N)n3)CN2C1. The highest BCUT2D eigenvalue weighted by Crippen LogP contribution is 2.33. The molecular weight excluding hydrogens is 456 g/mol. The number of esters is 1. The fourth-order valence-corrected chi connectivity index (χ4v) is 4.09. The predicted octanol–water partition coefficient (Wildman–Crippen LogP) is -0.663. The van der Waals surface area contributed by atoms with Crippen LogP contribution in [0, 0.1) is 5.92 Å². The van der Waals surface area contributed by atoms with E-state index in [1.807, 2.05) is 0 Å². The first-order valence-electron chi connectivity index (χ1n) is 9.60. The van der Waals surface area contributed by atoms with Crippen LogP contribution in [0.25, 0.3) is 0 Å². The Morgan fingerprint density at radius 1 is 1.52 bits per heavy atom. The van der Waals surface area contributed by atoms with Crippen LogP contribution in [-0.4, -0.2) is 82.4 Å². The lowest BCUT2D eigenvalue weighted by atomic mass is 9.97. The maximum Gasteiger partial charge on any atom is 0.314 e. The molecule has 0 spiro atoms. The number of aliphatic carboxylic acids is 1. The Morgan fingerprint density at radius 2 is 2.24 bits per heavy atom. The second kappa shape index (κ2) is 9.79. The zero-order chi connectivity index (χ0) is 24.3. The Kier molecular flexibility index (Phi) is 7.08. The van der Waals surface area contributed by atoms with Gasteiger partial charge < -0.3 is 25.7 Å². The van der Waals surface area contributed by atoms with Crippen LogP contribution in [-0.2, 0) is 28.8 Å². The smallest absolute Gasteiger partial charge is 0.314 e. The minimum atomic E-state index is -1.15. The Balaban J connectivity index is 1.84. The number of anilines is 1. The van der Waals surface area contributed by atoms with Crippen LogP contribution >= 0.6 is 11.3 Å². The summed E-state index contributed by atoms with van der Waals surface area (Å²) in [5.74, 6) is -4.04. The molecule has 3 rings (SSSR count). The molecular formula is C19H22N6O7S. The molecule has 33 heavy (non-hydrogen) atoms. The van der Waals surface area contributed by atoms with Gasteiger partial charge in [-0.25, -0.2) is 15.0 Å². The first-order chi connectivity index (χ1) is 15.7. The second-order valence-corrected chi connectivity index (χ2v) is 7.91. The number of oxime groups is 1. The van der Waals surface area contributed by atoms with Crippen molar-refractivity contribution in [3.05, 3.63) is 35.0 Å². The van der Waals surface area contributed by atoms with Gasteiger partial charge in [-0.15, -0.1) is 17.9 Å². The van der Waals surface area contributed by atoms with E-state index >= 15 is 0 Å². The van der Waals surface area contributed by atoms with Crippen LogP contribution in [0.2, 0.25) is 0 Å². The molecule has 1 aromatic heterocycles. The zero-order valence-electron chi connectivity index (χ0n) is 17.8. The third-order valence-electron chi connectivity index (χ3n) is 4.92. The van der Waals surface area contributed by atoms with Crippen LogP contribution in [0.5, 0.6) is 0 Å². The van der Waals surface area contributed by atoms with Gasteiger partial charge in [0.05, 0.1) is 11.6 Å². The number of nitrogens with two attached hydrogens (primary N) is 1. The largest absolute Gasteiger partial charge is 0.481 e. The summed E-state index contributed by atoms with van der Waals surface area (Å²) in [5.41, 5.74) is 6.24. The predicted molar refractivity (Wildman–Crippen MR) is 115 cm³/mol. The maximum absolute atomic E-state index is 13.1. The number of hydrogen-bond donors (Lipinski definition) is 3. The molecule has 3 heterocycles. The van der Waals surface area contributed by atoms with Crippen LogP contribution in [0.1, 0.15) is 12.6 Å². The van der Waals surface area contributed by atoms with Gasteiger partial charge in [-0.1, -0.05) is 11.2 Å². The maximum atomic E-state index is 13.1. The van der Waals surface area contributed by atoms with Crippen molar-refractivity contribution in [2.45, 2.75) is 13.0 Å². The molecule has 176 valence electrons. The van der Waals surface area contributed by atoms with Gasteiger partial charge in [0.1, 0.15) is 25.5 Å². The van der Waals surface area contributed by atoms with Crippen LogP contribution in [0.15, 0.2) is 34.5 Å². The number of fused-ring (bicyclic) bond motifs is 1. The van der Waals surface area contributed by atoms with Crippen molar-refractivity contribution < 1.29 is 33.9 Å². The van der Waals surface area contributed by atoms with Crippen LogP contribution in [0.3, 0.4) is 0 Å². The Bertz CT molecular complexity index is 1060. The van der Waals surface area contributed by atoms with Gasteiger partial charge in [0, 0.05) is 25.4 Å². The quantitative estimate of drug-likeness (QED) is 0.179. The van der Waals surface area contributed by atoms with Crippen molar-refractivity contribution >= 4 is 45.9 Å². The molecule has 14 heteroatoms. The topological polar surface area (TPSA) is 177 Å². The van der Waals surface area contributed by atoms with E-state index in [2.05, 4.69) is 22.0 Å². The number of carboxylic acid groups (broad SMARTS) is 1. The minimum absolute atomic E-state index is 0.0561. The normalized spacial score (nSPS) is 19.3. The van der Waals surface area contributed by atoms with Gasteiger partial charge in [-0.3, -0.25) is 19.2 Å². The fourth-order valence-electron chi connectivity index (χ4n) is 3.54. The molecule has 13 nitrogen and oxygen atoms in total. The Labute approximate surface area is 192 Å². The molecule has 0 bridgehead atoms. The zero-order valence-corrected chi connectivity index (χ0v) is 18.6. The van der Waals surface area contributed by atoms with Gasteiger partial charge in [-0.2, -0.15) is 0 Å². The molecule has 0 saturated carbocycles. The lowest BCUT2D eigenvalue weighted by molar-refractivity contribution is -0.143. The number of amides is 2. The van der Waals surface area contributed by atoms with Crippen molar-refractivity contribution in [1.29, 1.82) is 0 Å². The van der Waals surface area contributed by atoms with Crippen LogP contribution in [0.4, 0.5) is 5.13 Å². The monoisotopic (exact) mass is 478 g/mol. The number of hydrazine groups is 1. The van der Waals surface area contributed by atoms with E-state index in [0.29, 0.717) is 5.57 Å². The summed E-state index contributed by atoms with van der Waals surface area (Å²) >= 11 is 1.11. The van der Waals surface area contributed by atoms with Crippen LogP contribution < -0.4 is 11.1 Å². The lowest BCUT2D eigenvalue weighted by Gasteiger charge is -2.21. The van der Waals surface area contributed by atoms with Crippen molar-refractivity contribution in [2.75, 3.05) is 32.5 Å². The summed E-state index contributed by atoms with van der Waals surface area (Å²) < 4.78 is 5.05. The molecule has 2 aliphatic rings. The van der Waals surface area contributed by atoms with E-state index in [0.717, 1.165) is 11.3 Å². The highest BCUT2D eigenvalue weighted by atomic mass is 32.1. The molecule has 1 unspecified atom stereocenters. The third kappa shape index (κ3) is 4.85. The third-order valence-corrected chi connectivity index (χ3v) is 5.59. The molecule has 1 saturated heterocycles. The van der Waals surface area contributed by atoms with E-state index in [4.69, 9.17) is 15.3 Å². The summed E-state index contributed by atoms with van der Waals surface area (Å²) in [5, 5.41) is 20.4. The van der Waals surface area contributed by atoms with E-state index < -0.39 is 35.7 Å². The number of hydrogen-bond acceptors (Lipinski definition) is 11. The second-order valence-electron chi connectivity index (χ2n) is 7.02. The van der Waals surface area contributed by atoms with Crippen molar-refractivity contribution in [3.63, 3.8) is 0 Å². The molecule has 2 amide bonds. The van der Waals surface area contributed by atoms with E-state index in [9.17, 15) is 24.3 Å². The molecule has 1 fully saturated rings. The van der Waals surface area contributed by atoms with Gasteiger partial charge in [0.2, 0.25) is 0 Å². The molecule has 0 radical (unpaired) electrons. The number of aromatic nitrogens is 1. The summed E-state index contributed by atoms with van der Waals surface area (Å²) in [6.45, 7) is 4.58. The van der Waals surface area contributed by atoms with E-state index in [1.165, 1.54) is 30.5 Å². The fraction of sp³-hybridized carbons (Fsp3) is 0.368. The van der Waals surface area contributed by atoms with Gasteiger partial charge in [0.25, 0.3) is 11.8 Å². The summed E-state index contributed by atoms with van der Waals surface area (Å²) in [4.78, 5) is 57.7. The Hall–Kier alpha value is -3.78. The molecule has 0 aliphatic carbocycles. The summed E-state index contributed by atoms with van der Waals surface area (Å²) in [6.07, 6.45) is 1.24. The number of carbonyl (C=O) groups is 4. The number of rotatable bonds is 9. The van der Waals surface area contributed by atoms with E-state index in [1.54, 1.807) is 5.01 Å². The van der Waals surface area contributed by atoms with Crippen molar-refractivity contribution in [1.82, 2.24) is 20.3 Å². The van der Waals surface area contributed by atoms with Crippen molar-refractivity contribution in [2.24, 2.45) is 11.1 Å². The average molecular weight is 478 g/mol. The number of carbonyl (C=O) groups excluding carboxylic acids is 3. The van der Waals surface area contributed by atoms with Gasteiger partial charge in [0.15, 0.2) is 10.8 Å². The van der Waals surface area contributed by atoms with Crippen molar-refractivity contribution in [3.8, 4) is 0 Å².